The SMILES string of the molecule is Cc1ccc(C(=O)NC[C@@H](c2ccc3c(c2)CCN3C)N2CCCCC2)cc1C. The lowest BCUT2D eigenvalue weighted by Crippen LogP contribution is -2.40. The molecule has 2 aromatic carbocycles. The number of carbonyl (C=O) groups is 1. The number of piperidine rings is 1. The Kier molecular flexibility index (Phi) is 5.91. The maximum atomic E-state index is 12.8. The number of fused-ring (bicyclic) bond motifs is 1. The first kappa shape index (κ1) is 20.0. The third kappa shape index (κ3) is 4.32. The molecular weight excluding hydrogens is 358 g/mol. The molecule has 0 unspecified atom stereocenters. The second-order valence-electron chi connectivity index (χ2n) is 8.68. The highest BCUT2D eigenvalue weighted by Crippen LogP contribution is 2.32. The van der Waals surface area contributed by atoms with Crippen molar-refractivity contribution < 1.29 is 4.79 Å². The Labute approximate surface area is 174 Å². The van der Waals surface area contributed by atoms with Gasteiger partial charge in [0.25, 0.3) is 5.91 Å². The van der Waals surface area contributed by atoms with E-state index in [-0.39, 0.29) is 11.9 Å². The van der Waals surface area contributed by atoms with Gasteiger partial charge in [-0.1, -0.05) is 24.6 Å². The van der Waals surface area contributed by atoms with Gasteiger partial charge in [0.1, 0.15) is 0 Å². The lowest BCUT2D eigenvalue weighted by atomic mass is 9.98. The van der Waals surface area contributed by atoms with Crippen LogP contribution in [0.1, 0.15) is 57.9 Å². The molecule has 2 aliphatic heterocycles. The minimum absolute atomic E-state index is 0.0241. The summed E-state index contributed by atoms with van der Waals surface area (Å²) >= 11 is 0. The minimum Gasteiger partial charge on any atom is -0.374 e. The van der Waals surface area contributed by atoms with E-state index < -0.39 is 0 Å². The van der Waals surface area contributed by atoms with Gasteiger partial charge in [-0.25, -0.2) is 0 Å². The van der Waals surface area contributed by atoms with E-state index in [9.17, 15) is 4.79 Å². The monoisotopic (exact) mass is 391 g/mol. The van der Waals surface area contributed by atoms with Crippen LogP contribution in [0.15, 0.2) is 36.4 Å². The molecule has 0 spiro atoms. The summed E-state index contributed by atoms with van der Waals surface area (Å²) in [5, 5.41) is 3.23. The molecule has 1 N–H and O–H groups in total. The number of anilines is 1. The number of carbonyl (C=O) groups excluding carboxylic acids is 1. The van der Waals surface area contributed by atoms with Crippen molar-refractivity contribution in [3.05, 3.63) is 64.2 Å². The number of amides is 1. The quantitative estimate of drug-likeness (QED) is 0.827. The van der Waals surface area contributed by atoms with Crippen LogP contribution in [0, 0.1) is 13.8 Å². The van der Waals surface area contributed by atoms with Crippen molar-refractivity contribution >= 4 is 11.6 Å². The molecule has 0 aromatic heterocycles. The molecule has 0 saturated carbocycles. The summed E-state index contributed by atoms with van der Waals surface area (Å²) < 4.78 is 0. The first-order valence-corrected chi connectivity index (χ1v) is 11.0. The normalized spacial score (nSPS) is 17.8. The number of benzene rings is 2. The molecule has 4 heteroatoms. The van der Waals surface area contributed by atoms with Gasteiger partial charge < -0.3 is 10.2 Å². The highest BCUT2D eigenvalue weighted by molar-refractivity contribution is 5.94. The van der Waals surface area contributed by atoms with Gasteiger partial charge in [-0.15, -0.1) is 0 Å². The molecule has 0 bridgehead atoms. The summed E-state index contributed by atoms with van der Waals surface area (Å²) in [6.07, 6.45) is 4.92. The van der Waals surface area contributed by atoms with E-state index in [0.717, 1.165) is 37.2 Å². The van der Waals surface area contributed by atoms with Crippen LogP contribution in [0.5, 0.6) is 0 Å². The molecule has 2 aromatic rings. The topological polar surface area (TPSA) is 35.6 Å². The summed E-state index contributed by atoms with van der Waals surface area (Å²) in [5.74, 6) is 0.0241. The smallest absolute Gasteiger partial charge is 0.251 e. The molecular formula is C25H33N3O. The molecule has 0 aliphatic carbocycles. The molecule has 1 fully saturated rings. The number of hydrogen-bond donors (Lipinski definition) is 1. The maximum Gasteiger partial charge on any atom is 0.251 e. The first-order valence-electron chi connectivity index (χ1n) is 11.0. The lowest BCUT2D eigenvalue weighted by molar-refractivity contribution is 0.0924. The molecule has 4 rings (SSSR count). The Balaban J connectivity index is 1.53. The van der Waals surface area contributed by atoms with Crippen molar-refractivity contribution in [1.82, 2.24) is 10.2 Å². The second kappa shape index (κ2) is 8.58. The predicted molar refractivity (Wildman–Crippen MR) is 120 cm³/mol. The van der Waals surface area contributed by atoms with E-state index in [0.29, 0.717) is 6.54 Å². The highest BCUT2D eigenvalue weighted by atomic mass is 16.1. The van der Waals surface area contributed by atoms with Crippen LogP contribution in [-0.2, 0) is 6.42 Å². The molecule has 2 aliphatic rings. The standard InChI is InChI=1S/C25H33N3O/c1-18-7-8-22(15-19(18)2)25(29)26-17-24(28-12-5-4-6-13-28)20-9-10-23-21(16-20)11-14-27(23)3/h7-10,15-16,24H,4-6,11-14,17H2,1-3H3,(H,26,29)/t24-/m0/s1. The van der Waals surface area contributed by atoms with Crippen LogP contribution in [-0.4, -0.2) is 44.0 Å². The zero-order valence-corrected chi connectivity index (χ0v) is 18.0. The third-order valence-corrected chi connectivity index (χ3v) is 6.67. The van der Waals surface area contributed by atoms with Gasteiger partial charge >= 0.3 is 0 Å². The van der Waals surface area contributed by atoms with Crippen LogP contribution >= 0.6 is 0 Å². The van der Waals surface area contributed by atoms with Gasteiger partial charge in [-0.3, -0.25) is 9.69 Å². The number of likely N-dealkylation sites (tertiary alicyclic amines) is 1. The van der Waals surface area contributed by atoms with E-state index in [1.165, 1.54) is 41.6 Å². The van der Waals surface area contributed by atoms with Crippen molar-refractivity contribution in [1.29, 1.82) is 0 Å². The zero-order valence-electron chi connectivity index (χ0n) is 18.0. The summed E-state index contributed by atoms with van der Waals surface area (Å²) in [7, 11) is 2.16. The van der Waals surface area contributed by atoms with E-state index in [2.05, 4.69) is 54.2 Å². The van der Waals surface area contributed by atoms with E-state index >= 15 is 0 Å². The van der Waals surface area contributed by atoms with Crippen molar-refractivity contribution in [2.24, 2.45) is 0 Å². The number of nitrogens with one attached hydrogen (secondary N) is 1. The van der Waals surface area contributed by atoms with Gasteiger partial charge in [0.2, 0.25) is 0 Å². The summed E-state index contributed by atoms with van der Waals surface area (Å²) in [6.45, 7) is 8.11. The van der Waals surface area contributed by atoms with Crippen LogP contribution in [0.25, 0.3) is 0 Å². The summed E-state index contributed by atoms with van der Waals surface area (Å²) in [6, 6.07) is 13.1. The Hall–Kier alpha value is -2.33. The minimum atomic E-state index is 0.0241. The Morgan fingerprint density at radius 2 is 1.79 bits per heavy atom. The first-order chi connectivity index (χ1) is 14.0. The second-order valence-corrected chi connectivity index (χ2v) is 8.68. The molecule has 2 heterocycles. The largest absolute Gasteiger partial charge is 0.374 e. The molecule has 4 nitrogen and oxygen atoms in total. The number of rotatable bonds is 5. The van der Waals surface area contributed by atoms with Crippen molar-refractivity contribution in [2.45, 2.75) is 45.6 Å². The average Bonchev–Trinajstić information content (AvgIpc) is 3.11. The molecule has 154 valence electrons. The molecule has 1 amide bonds. The van der Waals surface area contributed by atoms with E-state index in [1.807, 2.05) is 18.2 Å². The van der Waals surface area contributed by atoms with Crippen LogP contribution in [0.4, 0.5) is 5.69 Å². The predicted octanol–water partition coefficient (Wildman–Crippen LogP) is 4.25. The Morgan fingerprint density at radius 3 is 2.55 bits per heavy atom. The van der Waals surface area contributed by atoms with Crippen molar-refractivity contribution in [3.8, 4) is 0 Å². The summed E-state index contributed by atoms with van der Waals surface area (Å²) in [5.41, 5.74) is 7.25. The summed E-state index contributed by atoms with van der Waals surface area (Å²) in [4.78, 5) is 17.7. The van der Waals surface area contributed by atoms with Crippen molar-refractivity contribution in [3.63, 3.8) is 0 Å². The molecule has 1 saturated heterocycles. The fourth-order valence-electron chi connectivity index (χ4n) is 4.66. The number of aryl methyl sites for hydroxylation is 2. The van der Waals surface area contributed by atoms with Gasteiger partial charge in [0, 0.05) is 31.4 Å². The van der Waals surface area contributed by atoms with E-state index in [4.69, 9.17) is 0 Å². The maximum absolute atomic E-state index is 12.8. The fraction of sp³-hybridized carbons (Fsp3) is 0.480. The average molecular weight is 392 g/mol. The molecule has 29 heavy (non-hydrogen) atoms. The van der Waals surface area contributed by atoms with Gasteiger partial charge in [-0.2, -0.15) is 0 Å². The lowest BCUT2D eigenvalue weighted by Gasteiger charge is -2.35. The van der Waals surface area contributed by atoms with Crippen LogP contribution < -0.4 is 10.2 Å². The number of likely N-dealkylation sites (N-methyl/N-ethyl adjacent to an activating group) is 1. The van der Waals surface area contributed by atoms with Gasteiger partial charge in [-0.05, 0) is 86.7 Å². The van der Waals surface area contributed by atoms with Crippen LogP contribution in [0.3, 0.4) is 0 Å². The Bertz CT molecular complexity index is 886. The Morgan fingerprint density at radius 1 is 1.00 bits per heavy atom. The van der Waals surface area contributed by atoms with E-state index in [1.54, 1.807) is 0 Å². The zero-order chi connectivity index (χ0) is 20.4. The molecule has 1 atom stereocenters. The van der Waals surface area contributed by atoms with Crippen molar-refractivity contribution in [2.75, 3.05) is 38.1 Å². The fourth-order valence-corrected chi connectivity index (χ4v) is 4.66. The number of hydrogen-bond acceptors (Lipinski definition) is 3. The van der Waals surface area contributed by atoms with Gasteiger partial charge in [0.05, 0.1) is 6.04 Å². The molecule has 0 radical (unpaired) electrons. The third-order valence-electron chi connectivity index (χ3n) is 6.67. The van der Waals surface area contributed by atoms with Crippen LogP contribution in [0.2, 0.25) is 0 Å². The highest BCUT2D eigenvalue weighted by Gasteiger charge is 2.25. The van der Waals surface area contributed by atoms with Gasteiger partial charge in [0.15, 0.2) is 0 Å². The number of nitrogens with zero attached hydrogens (tertiary/aromatic N) is 2.